The van der Waals surface area contributed by atoms with Crippen LogP contribution < -0.4 is 4.90 Å². The first-order valence-corrected chi connectivity index (χ1v) is 6.05. The second kappa shape index (κ2) is 4.83. The number of pyridine rings is 1. The van der Waals surface area contributed by atoms with E-state index >= 15 is 0 Å². The molecule has 3 heteroatoms. The van der Waals surface area contributed by atoms with Crippen LogP contribution in [0.3, 0.4) is 0 Å². The molecule has 2 rings (SSSR count). The molecule has 0 saturated carbocycles. The molecular formula is C13H20N2O. The summed E-state index contributed by atoms with van der Waals surface area (Å²) in [6, 6.07) is 2.66. The van der Waals surface area contributed by atoms with E-state index in [9.17, 15) is 5.11 Å². The van der Waals surface area contributed by atoms with E-state index < -0.39 is 0 Å². The summed E-state index contributed by atoms with van der Waals surface area (Å²) in [5.41, 5.74) is 3.13. The van der Waals surface area contributed by atoms with E-state index in [2.05, 4.69) is 22.9 Å². The Labute approximate surface area is 97.1 Å². The lowest BCUT2D eigenvalue weighted by Gasteiger charge is -2.36. The molecule has 1 unspecified atom stereocenters. The van der Waals surface area contributed by atoms with Gasteiger partial charge >= 0.3 is 0 Å². The number of anilines is 1. The van der Waals surface area contributed by atoms with Crippen LogP contribution in [0, 0.1) is 6.92 Å². The van der Waals surface area contributed by atoms with Crippen molar-refractivity contribution in [3.63, 3.8) is 0 Å². The molecule has 1 aliphatic rings. The largest absolute Gasteiger partial charge is 0.392 e. The molecule has 0 radical (unpaired) electrons. The number of aromatic nitrogens is 1. The van der Waals surface area contributed by atoms with Gasteiger partial charge in [0.25, 0.3) is 0 Å². The van der Waals surface area contributed by atoms with Gasteiger partial charge in [0.05, 0.1) is 6.61 Å². The van der Waals surface area contributed by atoms with E-state index in [1.54, 1.807) is 6.20 Å². The maximum absolute atomic E-state index is 9.36. The average molecular weight is 220 g/mol. The third kappa shape index (κ3) is 2.19. The van der Waals surface area contributed by atoms with Gasteiger partial charge in [0.2, 0.25) is 0 Å². The van der Waals surface area contributed by atoms with Crippen molar-refractivity contribution in [2.75, 3.05) is 11.4 Å². The Kier molecular flexibility index (Phi) is 3.44. The van der Waals surface area contributed by atoms with Crippen LogP contribution in [0.5, 0.6) is 0 Å². The van der Waals surface area contributed by atoms with Gasteiger partial charge in [-0.15, -0.1) is 0 Å². The highest BCUT2D eigenvalue weighted by atomic mass is 16.3. The van der Waals surface area contributed by atoms with Crippen LogP contribution in [0.25, 0.3) is 0 Å². The number of hydrogen-bond donors (Lipinski definition) is 1. The molecule has 0 spiro atoms. The van der Waals surface area contributed by atoms with E-state index in [1.165, 1.54) is 24.9 Å². The molecule has 1 aromatic heterocycles. The number of aliphatic hydroxyl groups excluding tert-OH is 1. The summed E-state index contributed by atoms with van der Waals surface area (Å²) in [6.45, 7) is 5.43. The van der Waals surface area contributed by atoms with Gasteiger partial charge in [-0.1, -0.05) is 0 Å². The maximum atomic E-state index is 9.36. The molecule has 1 saturated heterocycles. The van der Waals surface area contributed by atoms with Gasteiger partial charge < -0.3 is 10.0 Å². The standard InChI is InChI=1S/C13H20N2O/c1-10-7-13(12(9-16)8-14-10)15-6-4-3-5-11(15)2/h7-8,11,16H,3-6,9H2,1-2H3. The van der Waals surface area contributed by atoms with Crippen LogP contribution in [0.15, 0.2) is 12.3 Å². The van der Waals surface area contributed by atoms with Crippen molar-refractivity contribution in [1.82, 2.24) is 4.98 Å². The monoisotopic (exact) mass is 220 g/mol. The molecule has 1 aromatic rings. The Morgan fingerprint density at radius 3 is 3.00 bits per heavy atom. The highest BCUT2D eigenvalue weighted by Gasteiger charge is 2.20. The molecule has 0 aromatic carbocycles. The molecule has 0 bridgehead atoms. The summed E-state index contributed by atoms with van der Waals surface area (Å²) in [7, 11) is 0. The maximum Gasteiger partial charge on any atom is 0.0717 e. The Bertz CT molecular complexity index is 365. The predicted molar refractivity (Wildman–Crippen MR) is 65.6 cm³/mol. The first-order chi connectivity index (χ1) is 7.72. The molecule has 1 N–H and O–H groups in total. The van der Waals surface area contributed by atoms with Crippen LogP contribution >= 0.6 is 0 Å². The van der Waals surface area contributed by atoms with Crippen molar-refractivity contribution in [3.8, 4) is 0 Å². The quantitative estimate of drug-likeness (QED) is 0.830. The van der Waals surface area contributed by atoms with Crippen LogP contribution in [-0.2, 0) is 6.61 Å². The minimum atomic E-state index is 0.0752. The normalized spacial score (nSPS) is 21.2. The third-order valence-corrected chi connectivity index (χ3v) is 3.38. The first kappa shape index (κ1) is 11.4. The highest BCUT2D eigenvalue weighted by molar-refractivity contribution is 5.54. The zero-order valence-electron chi connectivity index (χ0n) is 10.1. The van der Waals surface area contributed by atoms with Crippen molar-refractivity contribution < 1.29 is 5.11 Å². The second-order valence-corrected chi connectivity index (χ2v) is 4.65. The molecule has 16 heavy (non-hydrogen) atoms. The molecular weight excluding hydrogens is 200 g/mol. The number of rotatable bonds is 2. The van der Waals surface area contributed by atoms with E-state index in [0.29, 0.717) is 6.04 Å². The fourth-order valence-electron chi connectivity index (χ4n) is 2.42. The predicted octanol–water partition coefficient (Wildman–Crippen LogP) is 2.26. The molecule has 2 heterocycles. The second-order valence-electron chi connectivity index (χ2n) is 4.65. The van der Waals surface area contributed by atoms with Gasteiger partial charge in [-0.3, -0.25) is 4.98 Å². The van der Waals surface area contributed by atoms with Crippen LogP contribution in [0.4, 0.5) is 5.69 Å². The zero-order chi connectivity index (χ0) is 11.5. The Balaban J connectivity index is 2.33. The number of piperidine rings is 1. The van der Waals surface area contributed by atoms with E-state index in [1.807, 2.05) is 6.92 Å². The van der Waals surface area contributed by atoms with Gasteiger partial charge in [-0.2, -0.15) is 0 Å². The SMILES string of the molecule is Cc1cc(N2CCCCC2C)c(CO)cn1. The van der Waals surface area contributed by atoms with Gasteiger partial charge in [0.1, 0.15) is 0 Å². The Hall–Kier alpha value is -1.09. The molecule has 3 nitrogen and oxygen atoms in total. The Morgan fingerprint density at radius 2 is 2.31 bits per heavy atom. The lowest BCUT2D eigenvalue weighted by Crippen LogP contribution is -2.38. The lowest BCUT2D eigenvalue weighted by molar-refractivity contribution is 0.281. The summed E-state index contributed by atoms with van der Waals surface area (Å²) >= 11 is 0. The van der Waals surface area contributed by atoms with Gasteiger partial charge in [-0.05, 0) is 39.2 Å². The number of aliphatic hydroxyl groups is 1. The smallest absolute Gasteiger partial charge is 0.0717 e. The lowest BCUT2D eigenvalue weighted by atomic mass is 10.0. The molecule has 1 fully saturated rings. The summed E-state index contributed by atoms with van der Waals surface area (Å²) in [5.74, 6) is 0. The van der Waals surface area contributed by atoms with Crippen LogP contribution in [-0.4, -0.2) is 22.7 Å². The third-order valence-electron chi connectivity index (χ3n) is 3.38. The fraction of sp³-hybridized carbons (Fsp3) is 0.615. The van der Waals surface area contributed by atoms with Gasteiger partial charge in [-0.25, -0.2) is 0 Å². The molecule has 1 aliphatic heterocycles. The van der Waals surface area contributed by atoms with Crippen LogP contribution in [0.1, 0.15) is 37.4 Å². The van der Waals surface area contributed by atoms with Crippen molar-refractivity contribution in [3.05, 3.63) is 23.5 Å². The summed E-state index contributed by atoms with van der Waals surface area (Å²) in [4.78, 5) is 6.65. The molecule has 88 valence electrons. The van der Waals surface area contributed by atoms with E-state index in [4.69, 9.17) is 0 Å². The topological polar surface area (TPSA) is 36.4 Å². The van der Waals surface area contributed by atoms with Crippen molar-refractivity contribution in [1.29, 1.82) is 0 Å². The summed E-state index contributed by atoms with van der Waals surface area (Å²) in [5, 5.41) is 9.36. The minimum absolute atomic E-state index is 0.0752. The fourth-order valence-corrected chi connectivity index (χ4v) is 2.42. The van der Waals surface area contributed by atoms with Gasteiger partial charge in [0.15, 0.2) is 0 Å². The summed E-state index contributed by atoms with van der Waals surface area (Å²) < 4.78 is 0. The van der Waals surface area contributed by atoms with Crippen molar-refractivity contribution in [2.24, 2.45) is 0 Å². The molecule has 1 atom stereocenters. The first-order valence-electron chi connectivity index (χ1n) is 6.05. The van der Waals surface area contributed by atoms with Crippen LogP contribution in [0.2, 0.25) is 0 Å². The minimum Gasteiger partial charge on any atom is -0.392 e. The number of aryl methyl sites for hydroxylation is 1. The van der Waals surface area contributed by atoms with Crippen molar-refractivity contribution >= 4 is 5.69 Å². The number of hydrogen-bond acceptors (Lipinski definition) is 3. The highest BCUT2D eigenvalue weighted by Crippen LogP contribution is 2.28. The molecule has 0 amide bonds. The number of nitrogens with zero attached hydrogens (tertiary/aromatic N) is 2. The summed E-state index contributed by atoms with van der Waals surface area (Å²) in [6.07, 6.45) is 5.60. The van der Waals surface area contributed by atoms with Crippen molar-refractivity contribution in [2.45, 2.75) is 45.8 Å². The zero-order valence-corrected chi connectivity index (χ0v) is 10.1. The van der Waals surface area contributed by atoms with E-state index in [0.717, 1.165) is 17.8 Å². The van der Waals surface area contributed by atoms with Gasteiger partial charge in [0, 0.05) is 35.7 Å². The average Bonchev–Trinajstić information content (AvgIpc) is 2.29. The Morgan fingerprint density at radius 1 is 1.50 bits per heavy atom. The van der Waals surface area contributed by atoms with E-state index in [-0.39, 0.29) is 6.61 Å². The molecule has 0 aliphatic carbocycles.